The van der Waals surface area contributed by atoms with Crippen molar-refractivity contribution < 1.29 is 26.4 Å². The summed E-state index contributed by atoms with van der Waals surface area (Å²) in [4.78, 5) is 12.7. The van der Waals surface area contributed by atoms with Crippen LogP contribution in [0.4, 0.5) is 24.5 Å². The molecule has 0 aliphatic rings. The number of carbonyl (C=O) groups excluding carboxylic acids is 1. The zero-order valence-corrected chi connectivity index (χ0v) is 19.6. The van der Waals surface area contributed by atoms with Gasteiger partial charge in [-0.2, -0.15) is 13.2 Å². The number of nitrogens with one attached hydrogen (secondary N) is 1. The van der Waals surface area contributed by atoms with Crippen molar-refractivity contribution in [3.63, 3.8) is 0 Å². The Balaban J connectivity index is 1.55. The van der Waals surface area contributed by atoms with Crippen molar-refractivity contribution in [1.29, 1.82) is 0 Å². The molecule has 36 heavy (non-hydrogen) atoms. The van der Waals surface area contributed by atoms with Gasteiger partial charge in [-0.05, 0) is 60.2 Å². The predicted octanol–water partition coefficient (Wildman–Crippen LogP) is 6.35. The molecule has 4 rings (SSSR count). The number of amides is 1. The minimum Gasteiger partial charge on any atom is -0.322 e. The summed E-state index contributed by atoms with van der Waals surface area (Å²) in [6, 6.07) is 27.3. The average Bonchev–Trinajstić information content (AvgIpc) is 2.88. The maximum absolute atomic E-state index is 13.4. The van der Waals surface area contributed by atoms with Crippen LogP contribution in [-0.4, -0.2) is 14.3 Å². The van der Waals surface area contributed by atoms with Gasteiger partial charge in [0.2, 0.25) is 0 Å². The lowest BCUT2D eigenvalue weighted by atomic mass is 10.1. The second kappa shape index (κ2) is 10.2. The monoisotopic (exact) mass is 510 g/mol. The number of rotatable bonds is 7. The van der Waals surface area contributed by atoms with Gasteiger partial charge in [0.25, 0.3) is 15.9 Å². The molecule has 184 valence electrons. The molecule has 0 atom stereocenters. The van der Waals surface area contributed by atoms with Crippen LogP contribution in [0.1, 0.15) is 21.5 Å². The van der Waals surface area contributed by atoms with E-state index in [0.29, 0.717) is 11.3 Å². The van der Waals surface area contributed by atoms with E-state index in [9.17, 15) is 26.4 Å². The van der Waals surface area contributed by atoms with Crippen LogP contribution in [0.25, 0.3) is 0 Å². The first kappa shape index (κ1) is 25.0. The Bertz CT molecular complexity index is 1440. The average molecular weight is 511 g/mol. The number of alkyl halides is 3. The minimum absolute atomic E-state index is 0.0107. The first-order chi connectivity index (χ1) is 17.1. The number of hydrogen-bond donors (Lipinski definition) is 1. The number of halogens is 3. The highest BCUT2D eigenvalue weighted by Crippen LogP contribution is 2.31. The predicted molar refractivity (Wildman–Crippen MR) is 132 cm³/mol. The van der Waals surface area contributed by atoms with Crippen LogP contribution in [0, 0.1) is 0 Å². The quantitative estimate of drug-likeness (QED) is 0.315. The molecule has 1 N–H and O–H groups in total. The number of sulfonamides is 1. The number of carbonyl (C=O) groups is 1. The smallest absolute Gasteiger partial charge is 0.322 e. The van der Waals surface area contributed by atoms with Crippen molar-refractivity contribution in [2.45, 2.75) is 17.6 Å². The molecule has 1 amide bonds. The van der Waals surface area contributed by atoms with Crippen LogP contribution < -0.4 is 9.62 Å². The zero-order chi connectivity index (χ0) is 25.8. The summed E-state index contributed by atoms with van der Waals surface area (Å²) in [5.41, 5.74) is 0.467. The van der Waals surface area contributed by atoms with Gasteiger partial charge >= 0.3 is 6.18 Å². The molecule has 0 aromatic heterocycles. The molecule has 0 unspecified atom stereocenters. The zero-order valence-electron chi connectivity index (χ0n) is 18.8. The lowest BCUT2D eigenvalue weighted by Crippen LogP contribution is -2.30. The molecular formula is C27H21F3N2O3S. The summed E-state index contributed by atoms with van der Waals surface area (Å²) < 4.78 is 66.9. The molecule has 4 aromatic carbocycles. The lowest BCUT2D eigenvalue weighted by molar-refractivity contribution is -0.137. The summed E-state index contributed by atoms with van der Waals surface area (Å²) in [6.45, 7) is 0.0107. The van der Waals surface area contributed by atoms with Gasteiger partial charge in [0.15, 0.2) is 0 Å². The molecule has 0 bridgehead atoms. The van der Waals surface area contributed by atoms with E-state index in [1.807, 2.05) is 0 Å². The first-order valence-corrected chi connectivity index (χ1v) is 12.3. The second-order valence-corrected chi connectivity index (χ2v) is 9.75. The SMILES string of the molecule is O=C(Nc1cccc(C(F)(F)F)c1)c1ccc(CN(c2ccccc2)S(=O)(=O)c2ccccc2)cc1. The van der Waals surface area contributed by atoms with Crippen molar-refractivity contribution in [1.82, 2.24) is 0 Å². The van der Waals surface area contributed by atoms with E-state index in [1.165, 1.54) is 40.7 Å². The highest BCUT2D eigenvalue weighted by molar-refractivity contribution is 7.92. The van der Waals surface area contributed by atoms with E-state index >= 15 is 0 Å². The normalized spacial score (nSPS) is 11.6. The van der Waals surface area contributed by atoms with E-state index in [2.05, 4.69) is 5.32 Å². The number of benzene rings is 4. The van der Waals surface area contributed by atoms with Gasteiger partial charge in [0.05, 0.1) is 22.7 Å². The number of para-hydroxylation sites is 1. The maximum atomic E-state index is 13.4. The summed E-state index contributed by atoms with van der Waals surface area (Å²) in [6.07, 6.45) is -4.52. The Labute approximate surface area is 206 Å². The highest BCUT2D eigenvalue weighted by Gasteiger charge is 2.30. The van der Waals surface area contributed by atoms with Crippen LogP contribution in [-0.2, 0) is 22.7 Å². The Kier molecular flexibility index (Phi) is 7.12. The van der Waals surface area contributed by atoms with Gasteiger partial charge in [0.1, 0.15) is 0 Å². The van der Waals surface area contributed by atoms with Crippen LogP contribution >= 0.6 is 0 Å². The lowest BCUT2D eigenvalue weighted by Gasteiger charge is -2.25. The van der Waals surface area contributed by atoms with E-state index in [4.69, 9.17) is 0 Å². The number of nitrogens with zero attached hydrogens (tertiary/aromatic N) is 1. The molecule has 0 radical (unpaired) electrons. The van der Waals surface area contributed by atoms with Crippen molar-refractivity contribution in [2.75, 3.05) is 9.62 Å². The molecule has 0 spiro atoms. The van der Waals surface area contributed by atoms with E-state index in [0.717, 1.165) is 12.1 Å². The van der Waals surface area contributed by atoms with E-state index in [-0.39, 0.29) is 22.7 Å². The molecule has 0 heterocycles. The van der Waals surface area contributed by atoms with Crippen molar-refractivity contribution in [2.24, 2.45) is 0 Å². The van der Waals surface area contributed by atoms with Crippen molar-refractivity contribution in [3.05, 3.63) is 126 Å². The Morgan fingerprint density at radius 1 is 0.778 bits per heavy atom. The van der Waals surface area contributed by atoms with Gasteiger partial charge in [0, 0.05) is 11.3 Å². The summed E-state index contributed by atoms with van der Waals surface area (Å²) in [5.74, 6) is -0.585. The van der Waals surface area contributed by atoms with E-state index < -0.39 is 27.7 Å². The van der Waals surface area contributed by atoms with Gasteiger partial charge in [-0.3, -0.25) is 9.10 Å². The Hall–Kier alpha value is -4.11. The van der Waals surface area contributed by atoms with Crippen LogP contribution in [0.15, 0.2) is 114 Å². The molecule has 9 heteroatoms. The van der Waals surface area contributed by atoms with Crippen molar-refractivity contribution in [3.8, 4) is 0 Å². The third kappa shape index (κ3) is 5.75. The molecule has 0 fully saturated rings. The molecular weight excluding hydrogens is 489 g/mol. The van der Waals surface area contributed by atoms with Crippen LogP contribution in [0.5, 0.6) is 0 Å². The molecule has 0 saturated heterocycles. The fourth-order valence-corrected chi connectivity index (χ4v) is 5.01. The summed E-state index contributed by atoms with van der Waals surface area (Å²) in [7, 11) is -3.87. The topological polar surface area (TPSA) is 66.5 Å². The highest BCUT2D eigenvalue weighted by atomic mass is 32.2. The molecule has 0 aliphatic carbocycles. The number of hydrogen-bond acceptors (Lipinski definition) is 3. The standard InChI is InChI=1S/C27H21F3N2O3S/c28-27(29,30)22-8-7-9-23(18-22)31-26(33)21-16-14-20(15-17-21)19-32(24-10-3-1-4-11-24)36(34,35)25-12-5-2-6-13-25/h1-18H,19H2,(H,31,33). The second-order valence-electron chi connectivity index (χ2n) is 7.89. The fraction of sp³-hybridized carbons (Fsp3) is 0.0741. The van der Waals surface area contributed by atoms with Gasteiger partial charge in [-0.15, -0.1) is 0 Å². The Morgan fingerprint density at radius 3 is 2.00 bits per heavy atom. The molecule has 0 aliphatic heterocycles. The first-order valence-electron chi connectivity index (χ1n) is 10.8. The molecule has 4 aromatic rings. The minimum atomic E-state index is -4.52. The third-order valence-electron chi connectivity index (χ3n) is 5.37. The molecule has 5 nitrogen and oxygen atoms in total. The van der Waals surface area contributed by atoms with Crippen LogP contribution in [0.2, 0.25) is 0 Å². The number of anilines is 2. The van der Waals surface area contributed by atoms with Gasteiger partial charge in [-0.1, -0.05) is 54.6 Å². The largest absolute Gasteiger partial charge is 0.416 e. The fourth-order valence-electron chi connectivity index (χ4n) is 3.53. The third-order valence-corrected chi connectivity index (χ3v) is 7.15. The summed E-state index contributed by atoms with van der Waals surface area (Å²) in [5, 5.41) is 2.46. The van der Waals surface area contributed by atoms with Gasteiger partial charge in [-0.25, -0.2) is 8.42 Å². The van der Waals surface area contributed by atoms with E-state index in [1.54, 1.807) is 60.7 Å². The van der Waals surface area contributed by atoms with Crippen molar-refractivity contribution >= 4 is 27.3 Å². The maximum Gasteiger partial charge on any atom is 0.416 e. The Morgan fingerprint density at radius 2 is 1.39 bits per heavy atom. The molecule has 0 saturated carbocycles. The summed E-state index contributed by atoms with van der Waals surface area (Å²) >= 11 is 0. The van der Waals surface area contributed by atoms with Gasteiger partial charge < -0.3 is 5.32 Å². The van der Waals surface area contributed by atoms with Crippen LogP contribution in [0.3, 0.4) is 0 Å².